The molecule has 0 aliphatic carbocycles. The maximum absolute atomic E-state index is 13.0. The van der Waals surface area contributed by atoms with Crippen molar-refractivity contribution in [1.29, 1.82) is 0 Å². The Morgan fingerprint density at radius 3 is 2.48 bits per heavy atom. The molecule has 1 amide bonds. The number of rotatable bonds is 4. The van der Waals surface area contributed by atoms with Gasteiger partial charge in [-0.25, -0.2) is 0 Å². The molecule has 1 aliphatic heterocycles. The Hall–Kier alpha value is -2.98. The van der Waals surface area contributed by atoms with Crippen LogP contribution in [0.25, 0.3) is 16.8 Å². The maximum Gasteiger partial charge on any atom is 0.273 e. The number of hydrogen-bond donors (Lipinski definition) is 0. The second-order valence-electron chi connectivity index (χ2n) is 6.79. The van der Waals surface area contributed by atoms with Crippen molar-refractivity contribution in [3.05, 3.63) is 84.2 Å². The smallest absolute Gasteiger partial charge is 0.273 e. The average Bonchev–Trinajstić information content (AvgIpc) is 2.74. The first kappa shape index (κ1) is 17.4. The minimum Gasteiger partial charge on any atom is -0.335 e. The predicted octanol–water partition coefficient (Wildman–Crippen LogP) is 3.71. The van der Waals surface area contributed by atoms with Crippen molar-refractivity contribution in [2.24, 2.45) is 0 Å². The first-order valence-corrected chi connectivity index (χ1v) is 9.38. The van der Waals surface area contributed by atoms with E-state index < -0.39 is 0 Å². The Bertz CT molecular complexity index is 939. The number of hydrogen-bond acceptors (Lipinski definition) is 3. The minimum atomic E-state index is 0.0336. The molecule has 0 saturated carbocycles. The summed E-state index contributed by atoms with van der Waals surface area (Å²) in [6, 6.07) is 20.2. The molecule has 1 fully saturated rings. The standard InChI is InChI=1S/C23H23N3O/c27-23(22-21-11-5-4-10-20(21)12-13-24-22)26-17-15-25(16-18-26)14-6-9-19-7-2-1-3-8-19/h1-13H,14-18H2/b9-6+. The number of amides is 1. The van der Waals surface area contributed by atoms with E-state index in [0.29, 0.717) is 5.69 Å². The molecule has 1 aromatic heterocycles. The van der Waals surface area contributed by atoms with Crippen molar-refractivity contribution in [3.8, 4) is 0 Å². The number of pyridine rings is 1. The van der Waals surface area contributed by atoms with E-state index in [4.69, 9.17) is 0 Å². The molecule has 1 aliphatic rings. The lowest BCUT2D eigenvalue weighted by atomic mass is 10.1. The third kappa shape index (κ3) is 4.07. The first-order chi connectivity index (χ1) is 13.3. The molecule has 2 heterocycles. The van der Waals surface area contributed by atoms with Crippen molar-refractivity contribution in [3.63, 3.8) is 0 Å². The molecule has 4 heteroatoms. The maximum atomic E-state index is 13.0. The molecule has 136 valence electrons. The molecule has 0 unspecified atom stereocenters. The topological polar surface area (TPSA) is 36.4 Å². The summed E-state index contributed by atoms with van der Waals surface area (Å²) in [5.41, 5.74) is 1.78. The van der Waals surface area contributed by atoms with Crippen LogP contribution in [0.1, 0.15) is 16.1 Å². The van der Waals surface area contributed by atoms with Crippen molar-refractivity contribution >= 4 is 22.8 Å². The van der Waals surface area contributed by atoms with Gasteiger partial charge in [-0.05, 0) is 17.0 Å². The van der Waals surface area contributed by atoms with Crippen LogP contribution in [0.15, 0.2) is 72.9 Å². The molecule has 2 aromatic carbocycles. The van der Waals surface area contributed by atoms with E-state index in [-0.39, 0.29) is 5.91 Å². The van der Waals surface area contributed by atoms with Gasteiger partial charge in [0.2, 0.25) is 0 Å². The Morgan fingerprint density at radius 1 is 0.926 bits per heavy atom. The Morgan fingerprint density at radius 2 is 1.67 bits per heavy atom. The fraction of sp³-hybridized carbons (Fsp3) is 0.217. The van der Waals surface area contributed by atoms with Crippen LogP contribution in [0.3, 0.4) is 0 Å². The Labute approximate surface area is 159 Å². The van der Waals surface area contributed by atoms with Gasteiger partial charge in [-0.2, -0.15) is 0 Å². The normalized spacial score (nSPS) is 15.5. The zero-order valence-corrected chi connectivity index (χ0v) is 15.3. The van der Waals surface area contributed by atoms with Gasteiger partial charge in [-0.1, -0.05) is 66.7 Å². The summed E-state index contributed by atoms with van der Waals surface area (Å²) >= 11 is 0. The highest BCUT2D eigenvalue weighted by molar-refractivity contribution is 6.05. The molecule has 4 rings (SSSR count). The lowest BCUT2D eigenvalue weighted by Crippen LogP contribution is -2.48. The second kappa shape index (κ2) is 8.14. The quantitative estimate of drug-likeness (QED) is 0.714. The molecule has 27 heavy (non-hydrogen) atoms. The molecule has 0 spiro atoms. The van der Waals surface area contributed by atoms with E-state index in [2.05, 4.69) is 34.2 Å². The zero-order valence-electron chi connectivity index (χ0n) is 15.3. The minimum absolute atomic E-state index is 0.0336. The Kier molecular flexibility index (Phi) is 5.26. The van der Waals surface area contributed by atoms with Gasteiger partial charge < -0.3 is 4.90 Å². The largest absolute Gasteiger partial charge is 0.335 e. The van der Waals surface area contributed by atoms with Crippen LogP contribution in [0, 0.1) is 0 Å². The number of aromatic nitrogens is 1. The van der Waals surface area contributed by atoms with E-state index in [1.54, 1.807) is 6.20 Å². The summed E-state index contributed by atoms with van der Waals surface area (Å²) in [6.07, 6.45) is 6.07. The molecular formula is C23H23N3O. The van der Waals surface area contributed by atoms with Gasteiger partial charge >= 0.3 is 0 Å². The summed E-state index contributed by atoms with van der Waals surface area (Å²) < 4.78 is 0. The summed E-state index contributed by atoms with van der Waals surface area (Å²) in [5.74, 6) is 0.0336. The van der Waals surface area contributed by atoms with Gasteiger partial charge in [0.15, 0.2) is 0 Å². The SMILES string of the molecule is O=C(c1nccc2ccccc12)N1CCN(C/C=C/c2ccccc2)CC1. The van der Waals surface area contributed by atoms with Crippen molar-refractivity contribution in [2.75, 3.05) is 32.7 Å². The van der Waals surface area contributed by atoms with E-state index >= 15 is 0 Å². The summed E-state index contributed by atoms with van der Waals surface area (Å²) in [6.45, 7) is 4.15. The van der Waals surface area contributed by atoms with Gasteiger partial charge in [-0.15, -0.1) is 0 Å². The van der Waals surface area contributed by atoms with Crippen LogP contribution >= 0.6 is 0 Å². The van der Waals surface area contributed by atoms with Gasteiger partial charge in [-0.3, -0.25) is 14.7 Å². The van der Waals surface area contributed by atoms with Gasteiger partial charge in [0.25, 0.3) is 5.91 Å². The number of carbonyl (C=O) groups is 1. The van der Waals surface area contributed by atoms with E-state index in [0.717, 1.165) is 43.5 Å². The third-order valence-electron chi connectivity index (χ3n) is 5.01. The summed E-state index contributed by atoms with van der Waals surface area (Å²) in [7, 11) is 0. The van der Waals surface area contributed by atoms with Crippen LogP contribution in [0.5, 0.6) is 0 Å². The number of piperazine rings is 1. The van der Waals surface area contributed by atoms with Crippen LogP contribution < -0.4 is 0 Å². The summed E-state index contributed by atoms with van der Waals surface area (Å²) in [4.78, 5) is 21.6. The van der Waals surface area contributed by atoms with Crippen LogP contribution in [-0.4, -0.2) is 53.4 Å². The van der Waals surface area contributed by atoms with E-state index in [1.165, 1.54) is 5.56 Å². The molecule has 0 radical (unpaired) electrons. The summed E-state index contributed by atoms with van der Waals surface area (Å²) in [5, 5.41) is 1.98. The predicted molar refractivity (Wildman–Crippen MR) is 110 cm³/mol. The molecule has 3 aromatic rings. The van der Waals surface area contributed by atoms with Crippen LogP contribution in [-0.2, 0) is 0 Å². The lowest BCUT2D eigenvalue weighted by molar-refractivity contribution is 0.0646. The number of fused-ring (bicyclic) bond motifs is 1. The van der Waals surface area contributed by atoms with E-state index in [1.807, 2.05) is 53.4 Å². The lowest BCUT2D eigenvalue weighted by Gasteiger charge is -2.34. The van der Waals surface area contributed by atoms with E-state index in [9.17, 15) is 4.79 Å². The molecule has 0 N–H and O–H groups in total. The van der Waals surface area contributed by atoms with Crippen LogP contribution in [0.2, 0.25) is 0 Å². The average molecular weight is 357 g/mol. The molecule has 4 nitrogen and oxygen atoms in total. The molecule has 1 saturated heterocycles. The number of benzene rings is 2. The van der Waals surface area contributed by atoms with Crippen molar-refractivity contribution in [1.82, 2.24) is 14.8 Å². The van der Waals surface area contributed by atoms with Crippen molar-refractivity contribution < 1.29 is 4.79 Å². The highest BCUT2D eigenvalue weighted by Crippen LogP contribution is 2.18. The fourth-order valence-corrected chi connectivity index (χ4v) is 3.48. The highest BCUT2D eigenvalue weighted by atomic mass is 16.2. The fourth-order valence-electron chi connectivity index (χ4n) is 3.48. The van der Waals surface area contributed by atoms with Gasteiger partial charge in [0, 0.05) is 44.3 Å². The Balaban J connectivity index is 1.36. The number of carbonyl (C=O) groups excluding carboxylic acids is 1. The van der Waals surface area contributed by atoms with Gasteiger partial charge in [0.05, 0.1) is 0 Å². The molecule has 0 bridgehead atoms. The third-order valence-corrected chi connectivity index (χ3v) is 5.01. The monoisotopic (exact) mass is 357 g/mol. The second-order valence-corrected chi connectivity index (χ2v) is 6.79. The number of nitrogens with zero attached hydrogens (tertiary/aromatic N) is 3. The van der Waals surface area contributed by atoms with Crippen molar-refractivity contribution in [2.45, 2.75) is 0 Å². The molecular weight excluding hydrogens is 334 g/mol. The first-order valence-electron chi connectivity index (χ1n) is 9.38. The van der Waals surface area contributed by atoms with Crippen LogP contribution in [0.4, 0.5) is 0 Å². The molecule has 0 atom stereocenters. The van der Waals surface area contributed by atoms with Gasteiger partial charge in [0.1, 0.15) is 5.69 Å². The highest BCUT2D eigenvalue weighted by Gasteiger charge is 2.23. The zero-order chi connectivity index (χ0) is 18.5.